The lowest BCUT2D eigenvalue weighted by Crippen LogP contribution is -2.62. The number of nitrogens with two attached hydrogens (primary N) is 3. The van der Waals surface area contributed by atoms with Gasteiger partial charge in [-0.2, -0.15) is 0 Å². The van der Waals surface area contributed by atoms with Crippen molar-refractivity contribution in [3.63, 3.8) is 0 Å². The van der Waals surface area contributed by atoms with Crippen molar-refractivity contribution in [3.8, 4) is 11.5 Å². The lowest BCUT2D eigenvalue weighted by atomic mass is 9.97. The molecule has 0 spiro atoms. The Hall–Kier alpha value is -8.76. The summed E-state index contributed by atoms with van der Waals surface area (Å²) in [7, 11) is 1.99. The molecule has 2 aromatic rings. The summed E-state index contributed by atoms with van der Waals surface area (Å²) in [5, 5.41) is 47.6. The maximum absolute atomic E-state index is 15.0. The quantitative estimate of drug-likeness (QED) is 0.0599. The van der Waals surface area contributed by atoms with Crippen molar-refractivity contribution in [2.75, 3.05) is 44.2 Å². The van der Waals surface area contributed by atoms with E-state index in [9.17, 15) is 72.5 Å². The molecule has 0 saturated carbocycles. The topological polar surface area (TPSA) is 488 Å². The normalized spacial score (nSPS) is 25.0. The molecule has 32 nitrogen and oxygen atoms in total. The van der Waals surface area contributed by atoms with Crippen molar-refractivity contribution >= 4 is 104 Å². The van der Waals surface area contributed by atoms with Crippen LogP contribution in [0, 0.1) is 23.7 Å². The third-order valence-corrected chi connectivity index (χ3v) is 21.6. The number of amides is 14. The third-order valence-electron chi connectivity index (χ3n) is 19.2. The van der Waals surface area contributed by atoms with Gasteiger partial charge in [0.15, 0.2) is 0 Å². The number of hydrogen-bond donors (Lipinski definition) is 15. The second kappa shape index (κ2) is 41.4. The van der Waals surface area contributed by atoms with Gasteiger partial charge in [0.1, 0.15) is 90.0 Å². The maximum atomic E-state index is 15.0. The molecule has 4 heterocycles. The van der Waals surface area contributed by atoms with Crippen LogP contribution in [0.4, 0.5) is 0 Å². The zero-order valence-corrected chi connectivity index (χ0v) is 63.7. The first-order chi connectivity index (χ1) is 50.2. The zero-order valence-electron chi connectivity index (χ0n) is 62.1. The second-order valence-corrected chi connectivity index (χ2v) is 31.6. The van der Waals surface area contributed by atoms with Gasteiger partial charge in [-0.05, 0) is 130 Å². The number of phenolic OH excluding ortho intramolecular Hbond substituents is 2. The monoisotopic (exact) mass is 1520 g/mol. The van der Waals surface area contributed by atoms with Gasteiger partial charge >= 0.3 is 0 Å². The van der Waals surface area contributed by atoms with Gasteiger partial charge in [-0.15, -0.1) is 0 Å². The van der Waals surface area contributed by atoms with Gasteiger partial charge in [-0.1, -0.05) is 108 Å². The van der Waals surface area contributed by atoms with Crippen LogP contribution in [0.1, 0.15) is 144 Å². The van der Waals surface area contributed by atoms with Crippen molar-refractivity contribution in [2.24, 2.45) is 40.9 Å². The average Bonchev–Trinajstić information content (AvgIpc) is 1.64. The smallest absolute Gasteiger partial charge is 0.246 e. The van der Waals surface area contributed by atoms with Crippen LogP contribution in [0.25, 0.3) is 0 Å². The number of nitrogens with one attached hydrogen (secondary N) is 10. The van der Waals surface area contributed by atoms with Crippen LogP contribution in [0.3, 0.4) is 0 Å². The van der Waals surface area contributed by atoms with Crippen LogP contribution in [-0.4, -0.2) is 230 Å². The predicted octanol–water partition coefficient (Wildman–Crippen LogP) is -0.904. The highest BCUT2D eigenvalue weighted by molar-refractivity contribution is 8.76. The molecule has 0 unspecified atom stereocenters. The van der Waals surface area contributed by atoms with E-state index in [0.29, 0.717) is 36.8 Å². The van der Waals surface area contributed by atoms with Crippen molar-refractivity contribution in [3.05, 3.63) is 59.7 Å². The summed E-state index contributed by atoms with van der Waals surface area (Å²) in [5.74, 6) is -12.5. The number of benzene rings is 2. The molecule has 0 bridgehead atoms. The van der Waals surface area contributed by atoms with E-state index in [4.69, 9.17) is 17.2 Å². The van der Waals surface area contributed by atoms with E-state index in [1.165, 1.54) is 58.0 Å². The number of carbonyl (C=O) groups is 14. The van der Waals surface area contributed by atoms with Gasteiger partial charge in [0, 0.05) is 57.5 Å². The highest BCUT2D eigenvalue weighted by Gasteiger charge is 2.46. The van der Waals surface area contributed by atoms with Gasteiger partial charge in [0.25, 0.3) is 0 Å². The standard InChI is InChI=1S/C72H110N16O16S2/c1-10-41(8)59(60(75)92)85-65(97)49(31-39(4)5)78-61(93)47(25-26-73)77-67(99)54-36-105-106-37-55(76-42(9)89)71(103)88-29-13-16-58(88)72(104)87-28-12-15-57(87)68(100)81-51(34-44-19-23-46(91)24-20-44)64(96)82-52(32-40(6)7)70(102)86-27-11-14-56(86)69(101)83-53(35-74)66(98)80-50(33-43-17-21-45(90)22-18-43)63(95)79-48(30-38(2)3)62(94)84-54/h17-24,38-41,47-59,90-91H,10-16,25-37,73-74H2,1-9H3,(H2,75,92)(H,76,89)(H,77,99)(H,78,93)(H,79,95)(H,80,98)(H,81,100)(H,82,96)(H,83,101)(H,84,94)(H,85,97)/t41-,47+,48-,49-,50-,51-,52-,53-,54-,55-,56-,57-,58-,59-/m0/s1. The molecule has 0 aromatic heterocycles. The lowest BCUT2D eigenvalue weighted by molar-refractivity contribution is -0.147. The largest absolute Gasteiger partial charge is 0.508 e. The van der Waals surface area contributed by atoms with E-state index in [1.54, 1.807) is 32.9 Å². The minimum Gasteiger partial charge on any atom is -0.508 e. The Morgan fingerprint density at radius 3 is 1.46 bits per heavy atom. The first-order valence-corrected chi connectivity index (χ1v) is 39.1. The molecule has 2 aromatic carbocycles. The second-order valence-electron chi connectivity index (χ2n) is 29.1. The number of fused-ring (bicyclic) bond motifs is 3. The molecular weight excluding hydrogens is 1410 g/mol. The first-order valence-electron chi connectivity index (χ1n) is 36.7. The van der Waals surface area contributed by atoms with Gasteiger partial charge in [0.05, 0.1) is 0 Å². The number of aromatic hydroxyl groups is 2. The molecular formula is C72H110N16O16S2. The molecule has 14 atom stereocenters. The molecule has 4 saturated heterocycles. The van der Waals surface area contributed by atoms with E-state index >= 15 is 4.79 Å². The third kappa shape index (κ3) is 25.2. The fourth-order valence-electron chi connectivity index (χ4n) is 13.4. The Kier molecular flexibility index (Phi) is 33.6. The zero-order chi connectivity index (χ0) is 78.2. The number of phenols is 2. The van der Waals surface area contributed by atoms with Gasteiger partial charge in [0.2, 0.25) is 82.7 Å². The van der Waals surface area contributed by atoms with Crippen LogP contribution in [0.2, 0.25) is 0 Å². The minimum atomic E-state index is -1.58. The highest BCUT2D eigenvalue weighted by Crippen LogP contribution is 2.30. The minimum absolute atomic E-state index is 0.0637. The molecule has 18 N–H and O–H groups in total. The van der Waals surface area contributed by atoms with Gasteiger partial charge in [-0.3, -0.25) is 67.1 Å². The number of hydrogen-bond acceptors (Lipinski definition) is 20. The molecule has 4 fully saturated rings. The first kappa shape index (κ1) is 86.2. The summed E-state index contributed by atoms with van der Waals surface area (Å²) >= 11 is 0. The van der Waals surface area contributed by atoms with E-state index < -0.39 is 168 Å². The summed E-state index contributed by atoms with van der Waals surface area (Å²) in [5.41, 5.74) is 18.9. The number of carbonyl (C=O) groups excluding carboxylic acids is 14. The van der Waals surface area contributed by atoms with Crippen LogP contribution in [0.15, 0.2) is 48.5 Å². The SMILES string of the molecule is CC[C@H](C)[C@H](NC(=O)[C@H](CC(C)C)NC(=O)[C@@H](CCN)NC(=O)[C@@H]1CSSC[C@H](NC(C)=O)C(=O)N2CCC[C@H]2C(=O)N2CCC[C@H]2C(=O)N[C@@H](Cc2ccc(O)cc2)C(=O)N[C@@H](CC(C)C)C(=O)N2CCC[C@H]2C(=O)N[C@@H](CN)C(=O)N[C@@H](Cc2ccc(O)cc2)C(=O)N[C@@H](CC(C)C)C(=O)N1)C(N)=O. The van der Waals surface area contributed by atoms with Crippen molar-refractivity contribution in [2.45, 2.75) is 224 Å². The van der Waals surface area contributed by atoms with Gasteiger partial charge < -0.3 is 95.3 Å². The fourth-order valence-corrected chi connectivity index (χ4v) is 15.7. The molecule has 586 valence electrons. The number of primary amides is 1. The molecule has 14 amide bonds. The average molecular weight is 1520 g/mol. The van der Waals surface area contributed by atoms with Crippen molar-refractivity contribution in [1.82, 2.24) is 67.9 Å². The van der Waals surface area contributed by atoms with E-state index in [0.717, 1.165) is 21.6 Å². The van der Waals surface area contributed by atoms with Crippen LogP contribution >= 0.6 is 21.6 Å². The fraction of sp³-hybridized carbons (Fsp3) is 0.639. The maximum Gasteiger partial charge on any atom is 0.246 e. The van der Waals surface area contributed by atoms with Crippen LogP contribution in [0.5, 0.6) is 11.5 Å². The predicted molar refractivity (Wildman–Crippen MR) is 397 cm³/mol. The Labute approximate surface area is 627 Å². The van der Waals surface area contributed by atoms with Gasteiger partial charge in [-0.25, -0.2) is 0 Å². The summed E-state index contributed by atoms with van der Waals surface area (Å²) in [6.07, 6.45) is 1.59. The van der Waals surface area contributed by atoms with Crippen LogP contribution < -0.4 is 70.4 Å². The molecule has 6 rings (SSSR count). The summed E-state index contributed by atoms with van der Waals surface area (Å²) < 4.78 is 0. The molecule has 4 aliphatic rings. The molecule has 0 aliphatic carbocycles. The lowest BCUT2D eigenvalue weighted by Gasteiger charge is -2.33. The highest BCUT2D eigenvalue weighted by atomic mass is 33.1. The Morgan fingerprint density at radius 2 is 0.972 bits per heavy atom. The molecule has 4 aliphatic heterocycles. The Balaban J connectivity index is 1.41. The molecule has 0 radical (unpaired) electrons. The number of rotatable bonds is 23. The molecule has 106 heavy (non-hydrogen) atoms. The Morgan fingerprint density at radius 1 is 0.528 bits per heavy atom. The summed E-state index contributed by atoms with van der Waals surface area (Å²) in [6.45, 7) is 15.1. The number of nitrogens with zero attached hydrogens (tertiary/aromatic N) is 3. The van der Waals surface area contributed by atoms with E-state index in [1.807, 2.05) is 34.6 Å². The van der Waals surface area contributed by atoms with Crippen LogP contribution in [-0.2, 0) is 80.0 Å². The van der Waals surface area contributed by atoms with Crippen molar-refractivity contribution < 1.29 is 77.3 Å². The van der Waals surface area contributed by atoms with Crippen molar-refractivity contribution in [1.29, 1.82) is 0 Å². The molecule has 34 heteroatoms. The summed E-state index contributed by atoms with van der Waals surface area (Å²) in [4.78, 5) is 206. The van der Waals surface area contributed by atoms with E-state index in [-0.39, 0.29) is 131 Å². The summed E-state index contributed by atoms with van der Waals surface area (Å²) in [6, 6.07) is -5.53. The van der Waals surface area contributed by atoms with E-state index in [2.05, 4.69) is 53.2 Å². The Bertz CT molecular complexity index is 3420.